The van der Waals surface area contributed by atoms with E-state index >= 15 is 0 Å². The van der Waals surface area contributed by atoms with Crippen LogP contribution in [0.1, 0.15) is 115 Å². The smallest absolute Gasteiger partial charge is 0.308 e. The van der Waals surface area contributed by atoms with Crippen LogP contribution in [-0.2, 0) is 27.3 Å². The number of hydrogen-bond donors (Lipinski definition) is 2. The Kier molecular flexibility index (Phi) is 15.6. The van der Waals surface area contributed by atoms with E-state index in [4.69, 9.17) is 13.9 Å². The Balaban J connectivity index is 1.26. The molecule has 10 heteroatoms. The van der Waals surface area contributed by atoms with Crippen molar-refractivity contribution in [1.82, 2.24) is 0 Å². The molecule has 0 saturated carbocycles. The van der Waals surface area contributed by atoms with Gasteiger partial charge in [0.15, 0.2) is 5.44 Å². The predicted molar refractivity (Wildman–Crippen MR) is 258 cm³/mol. The van der Waals surface area contributed by atoms with Crippen molar-refractivity contribution in [2.24, 2.45) is 17.3 Å². The quantitative estimate of drug-likeness (QED) is 0.0561. The molecule has 61 heavy (non-hydrogen) atoms. The van der Waals surface area contributed by atoms with Crippen molar-refractivity contribution < 1.29 is 28.9 Å². The minimum Gasteiger partial charge on any atom is -0.474 e. The number of cyclic esters (lactones) is 1. The lowest BCUT2D eigenvalue weighted by Gasteiger charge is -2.47. The first-order valence-corrected chi connectivity index (χ1v) is 28.8. The molecule has 2 aromatic carbocycles. The highest BCUT2D eigenvalue weighted by Crippen LogP contribution is 2.61. The van der Waals surface area contributed by atoms with Gasteiger partial charge < -0.3 is 24.1 Å². The van der Waals surface area contributed by atoms with E-state index in [0.29, 0.717) is 19.4 Å². The molecule has 2 N–H and O–H groups in total. The van der Waals surface area contributed by atoms with Crippen molar-refractivity contribution >= 4 is 54.7 Å². The van der Waals surface area contributed by atoms with Gasteiger partial charge in [-0.3, -0.25) is 4.79 Å². The molecule has 2 aliphatic heterocycles. The standard InChI is InChI=1S/C51H70O6S3Si/c1-7-8-18-26-51(58-28-20-29-59-51)43(52)31-39-37(23-15-9-10-19-27-55-34-36-21-13-11-14-22-36)30-42-46(54)45(39)41-35-56-47(61(5,6)49(2,3)4)40(41)32-50(42)33-44(53)57-48(50)60-38-24-16-12-17-25-38/h7-8,11-14,16-17,21-22,24-25,30,35,37,39,43,45-46,48,52,54H,9-10,15,18-20,23,26-29,31-34H2,1-6H3/b8-7+/t37-,39+,43-,45+,46-,48-,50-/m0/s1. The second-order valence-corrected chi connectivity index (χ2v) is 29.0. The Morgan fingerprint density at radius 1 is 1.00 bits per heavy atom. The largest absolute Gasteiger partial charge is 0.474 e. The summed E-state index contributed by atoms with van der Waals surface area (Å²) in [6.45, 7) is 15.2. The van der Waals surface area contributed by atoms with Crippen LogP contribution < -0.4 is 5.38 Å². The van der Waals surface area contributed by atoms with Gasteiger partial charge >= 0.3 is 5.97 Å². The SMILES string of the molecule is C/C=C/CCC1([C@@H](O)C[C@H]2[C@@H]3c4coc([Si](C)(C)C(C)(C)C)c4C[C@]4(CC(=O)O[C@H]4Sc4ccccc4)C(=C[C@@H]2CCCCCCOCc2ccccc2)[C@@H]3O)SCCCS1. The summed E-state index contributed by atoms with van der Waals surface area (Å²) in [5.74, 6) is 1.71. The molecule has 3 heterocycles. The van der Waals surface area contributed by atoms with Gasteiger partial charge in [0.1, 0.15) is 8.07 Å². The van der Waals surface area contributed by atoms with E-state index in [9.17, 15) is 15.0 Å². The summed E-state index contributed by atoms with van der Waals surface area (Å²) in [5, 5.41) is 26.9. The van der Waals surface area contributed by atoms with Gasteiger partial charge in [0, 0.05) is 17.4 Å². The average molecular weight is 903 g/mol. The molecule has 3 aromatic rings. The Labute approximate surface area is 379 Å². The van der Waals surface area contributed by atoms with Gasteiger partial charge in [-0.05, 0) is 115 Å². The average Bonchev–Trinajstić information content (AvgIpc) is 3.78. The predicted octanol–water partition coefficient (Wildman–Crippen LogP) is 12.1. The van der Waals surface area contributed by atoms with E-state index in [-0.39, 0.29) is 39.3 Å². The van der Waals surface area contributed by atoms with E-state index in [1.807, 2.05) is 54.1 Å². The van der Waals surface area contributed by atoms with E-state index < -0.39 is 31.1 Å². The zero-order chi connectivity index (χ0) is 43.3. The number of esters is 1. The molecule has 2 aliphatic carbocycles. The van der Waals surface area contributed by atoms with Gasteiger partial charge in [0.2, 0.25) is 0 Å². The molecule has 1 spiro atoms. The number of aliphatic hydroxyl groups excluding tert-OH is 2. The van der Waals surface area contributed by atoms with Crippen molar-refractivity contribution in [2.45, 2.75) is 156 Å². The molecule has 2 fully saturated rings. The third kappa shape index (κ3) is 10.2. The lowest BCUT2D eigenvalue weighted by molar-refractivity contribution is -0.138. The maximum absolute atomic E-state index is 13.8. The summed E-state index contributed by atoms with van der Waals surface area (Å²) in [7, 11) is -2.24. The highest BCUT2D eigenvalue weighted by atomic mass is 32.2. The van der Waals surface area contributed by atoms with Crippen molar-refractivity contribution in [1.29, 1.82) is 0 Å². The first kappa shape index (κ1) is 46.8. The topological polar surface area (TPSA) is 89.1 Å². The number of benzene rings is 2. The number of ether oxygens (including phenoxy) is 2. The van der Waals surface area contributed by atoms with E-state index in [1.54, 1.807) is 11.8 Å². The van der Waals surface area contributed by atoms with Crippen molar-refractivity contribution in [2.75, 3.05) is 18.1 Å². The summed E-state index contributed by atoms with van der Waals surface area (Å²) in [6, 6.07) is 20.6. The Morgan fingerprint density at radius 3 is 2.41 bits per heavy atom. The molecular formula is C51H70O6S3Si. The van der Waals surface area contributed by atoms with Gasteiger partial charge in [-0.25, -0.2) is 0 Å². The zero-order valence-electron chi connectivity index (χ0n) is 37.4. The fourth-order valence-electron chi connectivity index (χ4n) is 10.2. The number of hydrogen-bond acceptors (Lipinski definition) is 9. The summed E-state index contributed by atoms with van der Waals surface area (Å²) in [5.41, 5.74) is 3.18. The van der Waals surface area contributed by atoms with E-state index in [1.165, 1.54) is 11.1 Å². The van der Waals surface area contributed by atoms with Crippen LogP contribution >= 0.6 is 35.3 Å². The number of allylic oxidation sites excluding steroid dienone is 3. The first-order chi connectivity index (χ1) is 29.3. The maximum atomic E-state index is 13.8. The van der Waals surface area contributed by atoms with Crippen LogP contribution in [0.15, 0.2) is 100 Å². The molecule has 4 aliphatic rings. The fourth-order valence-corrected chi connectivity index (χ4v) is 16.9. The molecule has 7 rings (SSSR count). The van der Waals surface area contributed by atoms with Crippen molar-refractivity contribution in [3.63, 3.8) is 0 Å². The van der Waals surface area contributed by atoms with Crippen LogP contribution in [0.25, 0.3) is 0 Å². The number of carbonyl (C=O) groups excluding carboxylic acids is 1. The number of carbonyl (C=O) groups is 1. The fraction of sp³-hybridized carbons (Fsp3) is 0.588. The van der Waals surface area contributed by atoms with Crippen molar-refractivity contribution in [3.8, 4) is 0 Å². The lowest BCUT2D eigenvalue weighted by atomic mass is 9.62. The minimum absolute atomic E-state index is 0.00466. The second kappa shape index (κ2) is 20.3. The normalized spacial score (nSPS) is 26.9. The summed E-state index contributed by atoms with van der Waals surface area (Å²) < 4.78 is 19.0. The van der Waals surface area contributed by atoms with Crippen LogP contribution in [-0.4, -0.2) is 64.1 Å². The Hall–Kier alpha value is -2.18. The number of fused-ring (bicyclic) bond motifs is 5. The Morgan fingerprint density at radius 2 is 1.70 bits per heavy atom. The van der Waals surface area contributed by atoms with Crippen molar-refractivity contribution in [3.05, 3.63) is 107 Å². The number of furan rings is 1. The van der Waals surface area contributed by atoms with Crippen LogP contribution in [0.2, 0.25) is 18.1 Å². The third-order valence-electron chi connectivity index (χ3n) is 14.6. The summed E-state index contributed by atoms with van der Waals surface area (Å²) in [4.78, 5) is 14.8. The number of thioether (sulfide) groups is 3. The highest BCUT2D eigenvalue weighted by molar-refractivity contribution is 8.18. The van der Waals surface area contributed by atoms with Gasteiger partial charge in [-0.2, -0.15) is 0 Å². The molecular weight excluding hydrogens is 833 g/mol. The third-order valence-corrected chi connectivity index (χ3v) is 24.8. The molecule has 0 radical (unpaired) electrons. The van der Waals surface area contributed by atoms with Gasteiger partial charge in [-0.15, -0.1) is 23.5 Å². The molecule has 7 atom stereocenters. The Bertz CT molecular complexity index is 1950. The summed E-state index contributed by atoms with van der Waals surface area (Å²) in [6.07, 6.45) is 16.9. The van der Waals surface area contributed by atoms with Crippen LogP contribution in [0.5, 0.6) is 0 Å². The molecule has 2 bridgehead atoms. The number of rotatable bonds is 18. The van der Waals surface area contributed by atoms with Gasteiger partial charge in [-0.1, -0.05) is 132 Å². The first-order valence-electron chi connectivity index (χ1n) is 22.9. The van der Waals surface area contributed by atoms with Gasteiger partial charge in [0.05, 0.1) is 46.4 Å². The minimum atomic E-state index is -2.24. The monoisotopic (exact) mass is 902 g/mol. The molecule has 0 unspecified atom stereocenters. The second-order valence-electron chi connectivity index (χ2n) is 19.5. The highest BCUT2D eigenvalue weighted by Gasteiger charge is 2.61. The molecule has 0 amide bonds. The number of unbranched alkanes of at least 4 members (excludes halogenated alkanes) is 3. The molecule has 6 nitrogen and oxygen atoms in total. The lowest BCUT2D eigenvalue weighted by Crippen LogP contribution is -2.51. The molecule has 2 saturated heterocycles. The van der Waals surface area contributed by atoms with Gasteiger partial charge in [0.25, 0.3) is 0 Å². The number of aliphatic hydroxyl groups is 2. The maximum Gasteiger partial charge on any atom is 0.308 e. The van der Waals surface area contributed by atoms with Crippen LogP contribution in [0.4, 0.5) is 0 Å². The zero-order valence-corrected chi connectivity index (χ0v) is 40.9. The molecule has 332 valence electrons. The molecule has 1 aromatic heterocycles. The van der Waals surface area contributed by atoms with E-state index in [2.05, 4.69) is 95.4 Å². The van der Waals surface area contributed by atoms with Crippen LogP contribution in [0.3, 0.4) is 0 Å². The van der Waals surface area contributed by atoms with Crippen LogP contribution in [0, 0.1) is 17.3 Å². The van der Waals surface area contributed by atoms with E-state index in [0.717, 1.165) is 90.9 Å². The summed E-state index contributed by atoms with van der Waals surface area (Å²) >= 11 is 5.50.